The minimum Gasteiger partial charge on any atom is -0.373 e. The minimum atomic E-state index is 0.273. The molecule has 0 bridgehead atoms. The molecule has 2 nitrogen and oxygen atoms in total. The second-order valence-electron chi connectivity index (χ2n) is 6.35. The Balaban J connectivity index is 1.84. The van der Waals surface area contributed by atoms with E-state index in [1.54, 1.807) is 0 Å². The fourth-order valence-corrected chi connectivity index (χ4v) is 3.71. The van der Waals surface area contributed by atoms with Crippen LogP contribution in [0.3, 0.4) is 0 Å². The van der Waals surface area contributed by atoms with Gasteiger partial charge < -0.3 is 10.1 Å². The van der Waals surface area contributed by atoms with E-state index < -0.39 is 0 Å². The minimum absolute atomic E-state index is 0.273. The molecule has 1 saturated heterocycles. The lowest BCUT2D eigenvalue weighted by molar-refractivity contribution is 0.0102. The van der Waals surface area contributed by atoms with E-state index >= 15 is 0 Å². The molecule has 0 radical (unpaired) electrons. The van der Waals surface area contributed by atoms with Crippen molar-refractivity contribution in [2.45, 2.75) is 51.2 Å². The fraction of sp³-hybridized carbons (Fsp3) is 0.647. The van der Waals surface area contributed by atoms with Crippen LogP contribution >= 0.6 is 0 Å². The Morgan fingerprint density at radius 1 is 1.37 bits per heavy atom. The molecule has 2 unspecified atom stereocenters. The van der Waals surface area contributed by atoms with Crippen LogP contribution in [0.25, 0.3) is 0 Å². The van der Waals surface area contributed by atoms with Crippen molar-refractivity contribution >= 4 is 0 Å². The van der Waals surface area contributed by atoms with Crippen molar-refractivity contribution < 1.29 is 4.74 Å². The van der Waals surface area contributed by atoms with E-state index in [1.807, 2.05) is 0 Å². The molecule has 2 atom stereocenters. The van der Waals surface area contributed by atoms with E-state index in [9.17, 15) is 0 Å². The van der Waals surface area contributed by atoms with Crippen molar-refractivity contribution in [3.63, 3.8) is 0 Å². The number of hydrogen-bond donors (Lipinski definition) is 1. The third kappa shape index (κ3) is 2.44. The Labute approximate surface area is 116 Å². The highest BCUT2D eigenvalue weighted by Crippen LogP contribution is 2.40. The molecule has 19 heavy (non-hydrogen) atoms. The number of ether oxygens (including phenoxy) is 1. The van der Waals surface area contributed by atoms with E-state index in [2.05, 4.69) is 43.4 Å². The lowest BCUT2D eigenvalue weighted by Crippen LogP contribution is -2.46. The summed E-state index contributed by atoms with van der Waals surface area (Å²) in [4.78, 5) is 0. The van der Waals surface area contributed by atoms with Crippen LogP contribution in [0.1, 0.15) is 50.3 Å². The SMILES string of the molecule is CC(C)C1(CC2OCCc3ccccc32)CCCN1. The summed E-state index contributed by atoms with van der Waals surface area (Å²) in [6.07, 6.45) is 5.04. The first-order valence-electron chi connectivity index (χ1n) is 7.66. The normalized spacial score (nSPS) is 30.6. The molecule has 104 valence electrons. The summed E-state index contributed by atoms with van der Waals surface area (Å²) in [6, 6.07) is 8.80. The topological polar surface area (TPSA) is 21.3 Å². The fourth-order valence-electron chi connectivity index (χ4n) is 3.71. The van der Waals surface area contributed by atoms with Crippen LogP contribution in [0, 0.1) is 5.92 Å². The van der Waals surface area contributed by atoms with E-state index in [4.69, 9.17) is 4.74 Å². The summed E-state index contributed by atoms with van der Waals surface area (Å²) >= 11 is 0. The van der Waals surface area contributed by atoms with Gasteiger partial charge in [0.2, 0.25) is 0 Å². The van der Waals surface area contributed by atoms with Crippen molar-refractivity contribution in [2.24, 2.45) is 5.92 Å². The summed E-state index contributed by atoms with van der Waals surface area (Å²) in [7, 11) is 0. The highest BCUT2D eigenvalue weighted by Gasteiger charge is 2.40. The van der Waals surface area contributed by atoms with Gasteiger partial charge in [0.1, 0.15) is 0 Å². The van der Waals surface area contributed by atoms with Gasteiger partial charge in [-0.2, -0.15) is 0 Å². The first-order chi connectivity index (χ1) is 9.21. The number of rotatable bonds is 3. The molecule has 1 fully saturated rings. The second-order valence-corrected chi connectivity index (χ2v) is 6.35. The predicted octanol–water partition coefficient (Wildman–Crippen LogP) is 3.47. The van der Waals surface area contributed by atoms with Crippen LogP contribution in [0.15, 0.2) is 24.3 Å². The summed E-state index contributed by atoms with van der Waals surface area (Å²) < 4.78 is 6.10. The Morgan fingerprint density at radius 3 is 2.95 bits per heavy atom. The molecule has 0 aromatic heterocycles. The average molecular weight is 259 g/mol. The largest absolute Gasteiger partial charge is 0.373 e. The maximum Gasteiger partial charge on any atom is 0.0845 e. The summed E-state index contributed by atoms with van der Waals surface area (Å²) in [5, 5.41) is 3.77. The third-order valence-corrected chi connectivity index (χ3v) is 5.02. The van der Waals surface area contributed by atoms with Crippen molar-refractivity contribution in [2.75, 3.05) is 13.2 Å². The monoisotopic (exact) mass is 259 g/mol. The smallest absolute Gasteiger partial charge is 0.0845 e. The maximum atomic E-state index is 6.10. The highest BCUT2D eigenvalue weighted by atomic mass is 16.5. The van der Waals surface area contributed by atoms with Gasteiger partial charge >= 0.3 is 0 Å². The summed E-state index contributed by atoms with van der Waals surface area (Å²) in [5.41, 5.74) is 3.17. The number of hydrogen-bond acceptors (Lipinski definition) is 2. The van der Waals surface area contributed by atoms with Gasteiger partial charge in [-0.3, -0.25) is 0 Å². The molecular weight excluding hydrogens is 234 g/mol. The van der Waals surface area contributed by atoms with Gasteiger partial charge in [0.15, 0.2) is 0 Å². The van der Waals surface area contributed by atoms with Crippen LogP contribution in [-0.4, -0.2) is 18.7 Å². The van der Waals surface area contributed by atoms with Gasteiger partial charge in [0, 0.05) is 5.54 Å². The molecule has 2 heteroatoms. The first kappa shape index (κ1) is 13.1. The molecule has 1 N–H and O–H groups in total. The Morgan fingerprint density at radius 2 is 2.21 bits per heavy atom. The van der Waals surface area contributed by atoms with Crippen molar-refractivity contribution in [1.82, 2.24) is 5.32 Å². The number of benzene rings is 1. The van der Waals surface area contributed by atoms with Gasteiger partial charge in [-0.05, 0) is 49.3 Å². The second kappa shape index (κ2) is 5.26. The average Bonchev–Trinajstić information content (AvgIpc) is 2.89. The molecule has 0 spiro atoms. The summed E-state index contributed by atoms with van der Waals surface area (Å²) in [6.45, 7) is 6.71. The third-order valence-electron chi connectivity index (χ3n) is 5.02. The Hall–Kier alpha value is -0.860. The lowest BCUT2D eigenvalue weighted by Gasteiger charge is -2.39. The molecule has 2 aliphatic heterocycles. The number of fused-ring (bicyclic) bond motifs is 1. The van der Waals surface area contributed by atoms with Crippen molar-refractivity contribution in [1.29, 1.82) is 0 Å². The van der Waals surface area contributed by atoms with Crippen LogP contribution in [0.5, 0.6) is 0 Å². The van der Waals surface area contributed by atoms with Crippen LogP contribution in [-0.2, 0) is 11.2 Å². The van der Waals surface area contributed by atoms with E-state index in [0.717, 1.165) is 26.0 Å². The standard InChI is InChI=1S/C17H25NO/c1-13(2)17(9-5-10-18-17)12-16-15-7-4-3-6-14(15)8-11-19-16/h3-4,6-7,13,16,18H,5,8-12H2,1-2H3. The molecule has 0 amide bonds. The molecular formula is C17H25NO. The van der Waals surface area contributed by atoms with Crippen molar-refractivity contribution in [3.05, 3.63) is 35.4 Å². The quantitative estimate of drug-likeness (QED) is 0.897. The zero-order valence-electron chi connectivity index (χ0n) is 12.1. The highest BCUT2D eigenvalue weighted by molar-refractivity contribution is 5.31. The van der Waals surface area contributed by atoms with E-state index in [-0.39, 0.29) is 11.6 Å². The first-order valence-corrected chi connectivity index (χ1v) is 7.66. The van der Waals surface area contributed by atoms with E-state index in [1.165, 1.54) is 24.0 Å². The maximum absolute atomic E-state index is 6.10. The number of nitrogens with one attached hydrogen (secondary N) is 1. The van der Waals surface area contributed by atoms with Gasteiger partial charge in [0.25, 0.3) is 0 Å². The molecule has 2 aliphatic rings. The van der Waals surface area contributed by atoms with Gasteiger partial charge in [-0.25, -0.2) is 0 Å². The molecule has 1 aromatic rings. The van der Waals surface area contributed by atoms with Gasteiger partial charge in [0.05, 0.1) is 12.7 Å². The zero-order valence-corrected chi connectivity index (χ0v) is 12.1. The van der Waals surface area contributed by atoms with Gasteiger partial charge in [-0.1, -0.05) is 38.1 Å². The molecule has 3 rings (SSSR count). The van der Waals surface area contributed by atoms with Gasteiger partial charge in [-0.15, -0.1) is 0 Å². The molecule has 0 saturated carbocycles. The van der Waals surface area contributed by atoms with Crippen LogP contribution in [0.4, 0.5) is 0 Å². The Bertz CT molecular complexity index is 435. The van der Waals surface area contributed by atoms with E-state index in [0.29, 0.717) is 5.92 Å². The Kier molecular flexibility index (Phi) is 3.64. The van der Waals surface area contributed by atoms with Crippen molar-refractivity contribution in [3.8, 4) is 0 Å². The molecule has 0 aliphatic carbocycles. The lowest BCUT2D eigenvalue weighted by atomic mass is 9.78. The summed E-state index contributed by atoms with van der Waals surface area (Å²) in [5.74, 6) is 0.660. The zero-order chi connectivity index (χ0) is 13.3. The molecule has 1 aromatic carbocycles. The predicted molar refractivity (Wildman–Crippen MR) is 78.3 cm³/mol. The van der Waals surface area contributed by atoms with Crippen LogP contribution < -0.4 is 5.32 Å². The van der Waals surface area contributed by atoms with Crippen LogP contribution in [0.2, 0.25) is 0 Å². The molecule has 2 heterocycles.